The summed E-state index contributed by atoms with van der Waals surface area (Å²) >= 11 is 0. The van der Waals surface area contributed by atoms with Gasteiger partial charge in [-0.15, -0.1) is 0 Å². The van der Waals surface area contributed by atoms with Crippen LogP contribution in [0.2, 0.25) is 0 Å². The fourth-order valence-corrected chi connectivity index (χ4v) is 2.68. The average molecular weight is 241 g/mol. The van der Waals surface area contributed by atoms with Crippen LogP contribution in [0.25, 0.3) is 0 Å². The van der Waals surface area contributed by atoms with Crippen LogP contribution in [0.5, 0.6) is 0 Å². The van der Waals surface area contributed by atoms with Crippen LogP contribution < -0.4 is 0 Å². The molecule has 1 aliphatic rings. The summed E-state index contributed by atoms with van der Waals surface area (Å²) in [5.41, 5.74) is 0. The minimum absolute atomic E-state index is 0.0933. The van der Waals surface area contributed by atoms with Gasteiger partial charge in [0.1, 0.15) is 0 Å². The number of amides is 1. The number of hydrogen-bond donors (Lipinski definition) is 1. The zero-order chi connectivity index (χ0) is 12.5. The van der Waals surface area contributed by atoms with E-state index in [0.29, 0.717) is 19.0 Å². The molecule has 0 atom stereocenters. The quantitative estimate of drug-likeness (QED) is 0.696. The highest BCUT2D eigenvalue weighted by Crippen LogP contribution is 2.23. The molecule has 0 aromatic carbocycles. The smallest absolute Gasteiger partial charge is 0.222 e. The molecule has 1 amide bonds. The van der Waals surface area contributed by atoms with Gasteiger partial charge in [0.2, 0.25) is 5.91 Å². The van der Waals surface area contributed by atoms with Gasteiger partial charge < -0.3 is 10.0 Å². The van der Waals surface area contributed by atoms with Crippen molar-refractivity contribution in [3.63, 3.8) is 0 Å². The van der Waals surface area contributed by atoms with Crippen LogP contribution in [-0.2, 0) is 4.79 Å². The Labute approximate surface area is 105 Å². The number of aliphatic hydroxyl groups excluding tert-OH is 1. The highest BCUT2D eigenvalue weighted by molar-refractivity contribution is 5.76. The maximum Gasteiger partial charge on any atom is 0.222 e. The summed E-state index contributed by atoms with van der Waals surface area (Å²) in [5.74, 6) is 0.249. The number of rotatable bonds is 7. The second-order valence-corrected chi connectivity index (χ2v) is 5.06. The van der Waals surface area contributed by atoms with Crippen LogP contribution in [-0.4, -0.2) is 35.1 Å². The topological polar surface area (TPSA) is 40.5 Å². The van der Waals surface area contributed by atoms with Crippen molar-refractivity contribution in [3.05, 3.63) is 0 Å². The van der Waals surface area contributed by atoms with Crippen molar-refractivity contribution >= 4 is 5.91 Å². The molecule has 0 saturated heterocycles. The van der Waals surface area contributed by atoms with E-state index in [1.165, 1.54) is 19.3 Å². The fraction of sp³-hybridized carbons (Fsp3) is 0.929. The van der Waals surface area contributed by atoms with Gasteiger partial charge in [-0.25, -0.2) is 0 Å². The van der Waals surface area contributed by atoms with E-state index in [1.54, 1.807) is 0 Å². The van der Waals surface area contributed by atoms with Crippen molar-refractivity contribution in [2.24, 2.45) is 0 Å². The number of carbonyl (C=O) groups excluding carboxylic acids is 1. The summed E-state index contributed by atoms with van der Waals surface area (Å²) in [6.45, 7) is 2.77. The molecule has 0 heterocycles. The van der Waals surface area contributed by atoms with Crippen LogP contribution in [0, 0.1) is 0 Å². The number of nitrogens with zero attached hydrogens (tertiary/aromatic N) is 1. The van der Waals surface area contributed by atoms with Crippen molar-refractivity contribution in [2.45, 2.75) is 70.8 Å². The molecule has 1 fully saturated rings. The Bertz CT molecular complexity index is 212. The maximum atomic E-state index is 12.1. The zero-order valence-electron chi connectivity index (χ0n) is 11.2. The van der Waals surface area contributed by atoms with Crippen LogP contribution in [0.15, 0.2) is 0 Å². The Morgan fingerprint density at radius 3 is 2.53 bits per heavy atom. The van der Waals surface area contributed by atoms with Gasteiger partial charge in [-0.3, -0.25) is 4.79 Å². The Morgan fingerprint density at radius 1 is 1.24 bits per heavy atom. The fourth-order valence-electron chi connectivity index (χ4n) is 2.68. The summed E-state index contributed by atoms with van der Waals surface area (Å²) in [7, 11) is 0. The van der Waals surface area contributed by atoms with Crippen LogP contribution in [0.4, 0.5) is 0 Å². The molecule has 0 aliphatic heterocycles. The molecule has 100 valence electrons. The van der Waals surface area contributed by atoms with Gasteiger partial charge in [0.25, 0.3) is 0 Å². The molecule has 1 aliphatic carbocycles. The maximum absolute atomic E-state index is 12.1. The first-order valence-electron chi connectivity index (χ1n) is 7.20. The third kappa shape index (κ3) is 5.07. The van der Waals surface area contributed by atoms with E-state index in [2.05, 4.69) is 6.92 Å². The van der Waals surface area contributed by atoms with Crippen molar-refractivity contribution < 1.29 is 9.90 Å². The lowest BCUT2D eigenvalue weighted by Crippen LogP contribution is -2.43. The van der Waals surface area contributed by atoms with E-state index < -0.39 is 0 Å². The molecule has 0 aromatic rings. The van der Waals surface area contributed by atoms with Crippen molar-refractivity contribution in [3.8, 4) is 0 Å². The molecule has 1 N–H and O–H groups in total. The molecular weight excluding hydrogens is 214 g/mol. The van der Waals surface area contributed by atoms with Gasteiger partial charge in [0.15, 0.2) is 0 Å². The molecule has 17 heavy (non-hydrogen) atoms. The molecule has 1 saturated carbocycles. The highest BCUT2D eigenvalue weighted by Gasteiger charge is 2.24. The van der Waals surface area contributed by atoms with E-state index in [0.717, 1.165) is 32.1 Å². The summed E-state index contributed by atoms with van der Waals surface area (Å²) < 4.78 is 0. The molecule has 0 radical (unpaired) electrons. The summed E-state index contributed by atoms with van der Waals surface area (Å²) in [6.07, 6.45) is 9.94. The second-order valence-electron chi connectivity index (χ2n) is 5.06. The predicted molar refractivity (Wildman–Crippen MR) is 69.8 cm³/mol. The van der Waals surface area contributed by atoms with Crippen LogP contribution in [0.3, 0.4) is 0 Å². The van der Waals surface area contributed by atoms with Gasteiger partial charge >= 0.3 is 0 Å². The molecule has 1 rings (SSSR count). The minimum atomic E-state index is 0.0933. The Hall–Kier alpha value is -0.570. The number of aliphatic hydroxyl groups is 1. The van der Waals surface area contributed by atoms with Gasteiger partial charge in [-0.05, 0) is 19.3 Å². The van der Waals surface area contributed by atoms with Crippen LogP contribution in [0.1, 0.15) is 64.7 Å². The second kappa shape index (κ2) is 8.51. The first-order chi connectivity index (χ1) is 8.29. The molecule has 3 nitrogen and oxygen atoms in total. The highest BCUT2D eigenvalue weighted by atomic mass is 16.3. The van der Waals surface area contributed by atoms with E-state index in [9.17, 15) is 4.79 Å². The first-order valence-corrected chi connectivity index (χ1v) is 7.20. The lowest BCUT2D eigenvalue weighted by Gasteiger charge is -2.34. The number of unbranched alkanes of at least 4 members (excludes halogenated alkanes) is 2. The molecule has 3 heteroatoms. The molecule has 0 unspecified atom stereocenters. The largest absolute Gasteiger partial charge is 0.395 e. The molecule has 0 bridgehead atoms. The lowest BCUT2D eigenvalue weighted by atomic mass is 9.94. The standard InChI is InChI=1S/C14H27NO2/c1-2-3-5-10-14(17)15(11-12-16)13-8-6-4-7-9-13/h13,16H,2-12H2,1H3. The molecule has 0 aromatic heterocycles. The Morgan fingerprint density at radius 2 is 1.94 bits per heavy atom. The Kier molecular flexibility index (Phi) is 7.25. The van der Waals surface area contributed by atoms with Gasteiger partial charge in [-0.1, -0.05) is 39.0 Å². The average Bonchev–Trinajstić information content (AvgIpc) is 2.37. The lowest BCUT2D eigenvalue weighted by molar-refractivity contribution is -0.135. The minimum Gasteiger partial charge on any atom is -0.395 e. The van der Waals surface area contributed by atoms with Gasteiger partial charge in [-0.2, -0.15) is 0 Å². The zero-order valence-corrected chi connectivity index (χ0v) is 11.2. The molecular formula is C14H27NO2. The van der Waals surface area contributed by atoms with E-state index >= 15 is 0 Å². The van der Waals surface area contributed by atoms with Crippen molar-refractivity contribution in [1.82, 2.24) is 4.90 Å². The van der Waals surface area contributed by atoms with E-state index in [1.807, 2.05) is 4.90 Å². The van der Waals surface area contributed by atoms with E-state index in [4.69, 9.17) is 5.11 Å². The van der Waals surface area contributed by atoms with Gasteiger partial charge in [0, 0.05) is 19.0 Å². The number of hydrogen-bond acceptors (Lipinski definition) is 2. The Balaban J connectivity index is 2.42. The molecule has 0 spiro atoms. The summed E-state index contributed by atoms with van der Waals surface area (Å²) in [6, 6.07) is 0.394. The van der Waals surface area contributed by atoms with Gasteiger partial charge in [0.05, 0.1) is 6.61 Å². The first kappa shape index (κ1) is 14.5. The predicted octanol–water partition coefficient (Wildman–Crippen LogP) is 2.72. The normalized spacial score (nSPS) is 17.1. The van der Waals surface area contributed by atoms with Crippen molar-refractivity contribution in [1.29, 1.82) is 0 Å². The van der Waals surface area contributed by atoms with Crippen molar-refractivity contribution in [2.75, 3.05) is 13.2 Å². The summed E-state index contributed by atoms with van der Waals surface area (Å²) in [5, 5.41) is 9.09. The van der Waals surface area contributed by atoms with E-state index in [-0.39, 0.29) is 12.5 Å². The van der Waals surface area contributed by atoms with Crippen LogP contribution >= 0.6 is 0 Å². The number of carbonyl (C=O) groups is 1. The third-order valence-corrected chi connectivity index (χ3v) is 3.67. The monoisotopic (exact) mass is 241 g/mol. The SMILES string of the molecule is CCCCCC(=O)N(CCO)C1CCCCC1. The summed E-state index contributed by atoms with van der Waals surface area (Å²) in [4.78, 5) is 14.1. The third-order valence-electron chi connectivity index (χ3n) is 3.67.